The molecule has 0 heterocycles. The SMILES string of the molecule is O=S(=O)(NCc1c(F)ccc(F)c1Cl)c1cccc2ccccc12. The van der Waals surface area contributed by atoms with E-state index in [1.165, 1.54) is 6.07 Å². The fraction of sp³-hybridized carbons (Fsp3) is 0.0588. The lowest BCUT2D eigenvalue weighted by molar-refractivity contribution is 0.568. The summed E-state index contributed by atoms with van der Waals surface area (Å²) < 4.78 is 54.6. The summed E-state index contributed by atoms with van der Waals surface area (Å²) in [5, 5.41) is 0.865. The van der Waals surface area contributed by atoms with Crippen LogP contribution in [-0.2, 0) is 16.6 Å². The van der Waals surface area contributed by atoms with Gasteiger partial charge in [0.2, 0.25) is 10.0 Å². The number of sulfonamides is 1. The van der Waals surface area contributed by atoms with Crippen molar-refractivity contribution in [1.29, 1.82) is 0 Å². The Labute approximate surface area is 142 Å². The number of fused-ring (bicyclic) bond motifs is 1. The fourth-order valence-electron chi connectivity index (χ4n) is 2.41. The molecule has 0 amide bonds. The first-order valence-electron chi connectivity index (χ1n) is 7.00. The highest BCUT2D eigenvalue weighted by atomic mass is 35.5. The van der Waals surface area contributed by atoms with Gasteiger partial charge in [-0.05, 0) is 23.6 Å². The zero-order chi connectivity index (χ0) is 17.3. The second-order valence-corrected chi connectivity index (χ2v) is 7.24. The zero-order valence-corrected chi connectivity index (χ0v) is 13.8. The molecule has 0 atom stereocenters. The van der Waals surface area contributed by atoms with E-state index >= 15 is 0 Å². The lowest BCUT2D eigenvalue weighted by atomic mass is 10.1. The molecule has 0 saturated carbocycles. The van der Waals surface area contributed by atoms with Crippen molar-refractivity contribution in [3.05, 3.63) is 76.8 Å². The van der Waals surface area contributed by atoms with Crippen molar-refractivity contribution in [3.63, 3.8) is 0 Å². The maximum Gasteiger partial charge on any atom is 0.241 e. The van der Waals surface area contributed by atoms with Crippen molar-refractivity contribution in [2.75, 3.05) is 0 Å². The highest BCUT2D eigenvalue weighted by Gasteiger charge is 2.19. The van der Waals surface area contributed by atoms with E-state index in [4.69, 9.17) is 11.6 Å². The quantitative estimate of drug-likeness (QED) is 0.701. The van der Waals surface area contributed by atoms with Gasteiger partial charge in [0.25, 0.3) is 0 Å². The van der Waals surface area contributed by atoms with Crippen molar-refractivity contribution in [1.82, 2.24) is 4.72 Å². The summed E-state index contributed by atoms with van der Waals surface area (Å²) in [6.45, 7) is -0.450. The second-order valence-electron chi connectivity index (χ2n) is 5.12. The standard InChI is InChI=1S/C17H12ClF2NO2S/c18-17-13(14(19)8-9-15(17)20)10-21-24(22,23)16-7-3-5-11-4-1-2-6-12(11)16/h1-9,21H,10H2. The van der Waals surface area contributed by atoms with Crippen LogP contribution in [0.1, 0.15) is 5.56 Å². The molecule has 0 aliphatic carbocycles. The van der Waals surface area contributed by atoms with Crippen LogP contribution >= 0.6 is 11.6 Å². The highest BCUT2D eigenvalue weighted by molar-refractivity contribution is 7.89. The Bertz CT molecular complexity index is 1020. The molecule has 24 heavy (non-hydrogen) atoms. The average molecular weight is 368 g/mol. The van der Waals surface area contributed by atoms with Crippen LogP contribution in [0.5, 0.6) is 0 Å². The van der Waals surface area contributed by atoms with Gasteiger partial charge in [-0.1, -0.05) is 48.0 Å². The van der Waals surface area contributed by atoms with E-state index in [1.807, 2.05) is 0 Å². The highest BCUT2D eigenvalue weighted by Crippen LogP contribution is 2.25. The van der Waals surface area contributed by atoms with Gasteiger partial charge in [-0.3, -0.25) is 0 Å². The van der Waals surface area contributed by atoms with Gasteiger partial charge in [-0.2, -0.15) is 0 Å². The topological polar surface area (TPSA) is 46.2 Å². The molecule has 3 aromatic rings. The third-order valence-electron chi connectivity index (χ3n) is 3.62. The smallest absolute Gasteiger partial charge is 0.207 e. The van der Waals surface area contributed by atoms with Gasteiger partial charge in [0, 0.05) is 17.5 Å². The molecular formula is C17H12ClF2NO2S. The Balaban J connectivity index is 1.96. The van der Waals surface area contributed by atoms with Crippen LogP contribution in [0.2, 0.25) is 5.02 Å². The summed E-state index contributed by atoms with van der Waals surface area (Å²) in [7, 11) is -3.93. The van der Waals surface area contributed by atoms with E-state index in [-0.39, 0.29) is 10.5 Å². The minimum Gasteiger partial charge on any atom is -0.207 e. The molecule has 3 rings (SSSR count). The molecule has 0 aliphatic heterocycles. The molecule has 0 spiro atoms. The molecule has 0 radical (unpaired) electrons. The Morgan fingerprint density at radius 1 is 0.917 bits per heavy atom. The van der Waals surface area contributed by atoms with E-state index in [1.54, 1.807) is 36.4 Å². The summed E-state index contributed by atoms with van der Waals surface area (Å²) >= 11 is 5.72. The van der Waals surface area contributed by atoms with Crippen molar-refractivity contribution in [2.24, 2.45) is 0 Å². The van der Waals surface area contributed by atoms with Crippen LogP contribution in [0, 0.1) is 11.6 Å². The number of nitrogens with one attached hydrogen (secondary N) is 1. The summed E-state index contributed by atoms with van der Waals surface area (Å²) in [4.78, 5) is 0.0635. The molecule has 1 N–H and O–H groups in total. The monoisotopic (exact) mass is 367 g/mol. The first-order valence-corrected chi connectivity index (χ1v) is 8.86. The van der Waals surface area contributed by atoms with Crippen molar-refractivity contribution in [3.8, 4) is 0 Å². The molecule has 0 aliphatic rings. The van der Waals surface area contributed by atoms with Crippen molar-refractivity contribution >= 4 is 32.4 Å². The number of benzene rings is 3. The Kier molecular flexibility index (Phi) is 4.54. The Morgan fingerprint density at radius 3 is 2.38 bits per heavy atom. The zero-order valence-electron chi connectivity index (χ0n) is 12.3. The van der Waals surface area contributed by atoms with Crippen LogP contribution in [0.3, 0.4) is 0 Å². The van der Waals surface area contributed by atoms with E-state index in [0.29, 0.717) is 5.39 Å². The first-order chi connectivity index (χ1) is 11.4. The molecule has 0 aromatic heterocycles. The van der Waals surface area contributed by atoms with E-state index in [0.717, 1.165) is 17.5 Å². The van der Waals surface area contributed by atoms with Crippen LogP contribution in [0.25, 0.3) is 10.8 Å². The molecule has 0 saturated heterocycles. The number of hydrogen-bond donors (Lipinski definition) is 1. The van der Waals surface area contributed by atoms with Gasteiger partial charge in [0.05, 0.1) is 9.92 Å². The largest absolute Gasteiger partial charge is 0.241 e. The first kappa shape index (κ1) is 16.8. The summed E-state index contributed by atoms with van der Waals surface area (Å²) in [5.41, 5.74) is -0.236. The van der Waals surface area contributed by atoms with Gasteiger partial charge >= 0.3 is 0 Å². The average Bonchev–Trinajstić information content (AvgIpc) is 2.57. The lowest BCUT2D eigenvalue weighted by Gasteiger charge is -2.11. The van der Waals surface area contributed by atoms with Crippen LogP contribution in [0.15, 0.2) is 59.5 Å². The molecular weight excluding hydrogens is 356 g/mol. The van der Waals surface area contributed by atoms with Gasteiger partial charge in [-0.25, -0.2) is 21.9 Å². The third-order valence-corrected chi connectivity index (χ3v) is 5.49. The van der Waals surface area contributed by atoms with Crippen molar-refractivity contribution < 1.29 is 17.2 Å². The van der Waals surface area contributed by atoms with Gasteiger partial charge in [0.1, 0.15) is 11.6 Å². The second kappa shape index (κ2) is 6.47. The van der Waals surface area contributed by atoms with Crippen molar-refractivity contribution in [2.45, 2.75) is 11.4 Å². The number of halogens is 3. The van der Waals surface area contributed by atoms with Crippen LogP contribution < -0.4 is 4.72 Å². The lowest BCUT2D eigenvalue weighted by Crippen LogP contribution is -2.24. The van der Waals surface area contributed by atoms with Gasteiger partial charge < -0.3 is 0 Å². The molecule has 0 bridgehead atoms. The molecule has 3 aromatic carbocycles. The van der Waals surface area contributed by atoms with Crippen LogP contribution in [-0.4, -0.2) is 8.42 Å². The van der Waals surface area contributed by atoms with Gasteiger partial charge in [-0.15, -0.1) is 0 Å². The predicted octanol–water partition coefficient (Wildman–Crippen LogP) is 4.25. The Hall–Kier alpha value is -2.02. The maximum atomic E-state index is 13.8. The summed E-state index contributed by atoms with van der Waals surface area (Å²) in [6.07, 6.45) is 0. The number of hydrogen-bond acceptors (Lipinski definition) is 2. The van der Waals surface area contributed by atoms with Gasteiger partial charge in [0.15, 0.2) is 0 Å². The normalized spacial score (nSPS) is 11.8. The van der Waals surface area contributed by atoms with E-state index in [9.17, 15) is 17.2 Å². The predicted molar refractivity (Wildman–Crippen MR) is 89.3 cm³/mol. The molecule has 0 unspecified atom stereocenters. The summed E-state index contributed by atoms with van der Waals surface area (Å²) in [6, 6.07) is 13.6. The third kappa shape index (κ3) is 3.13. The van der Waals surface area contributed by atoms with E-state index in [2.05, 4.69) is 4.72 Å². The van der Waals surface area contributed by atoms with Crippen LogP contribution in [0.4, 0.5) is 8.78 Å². The molecule has 124 valence electrons. The molecule has 3 nitrogen and oxygen atoms in total. The molecule has 0 fully saturated rings. The summed E-state index contributed by atoms with van der Waals surface area (Å²) in [5.74, 6) is -1.58. The minimum atomic E-state index is -3.93. The molecule has 7 heteroatoms. The maximum absolute atomic E-state index is 13.8. The Morgan fingerprint density at radius 2 is 1.58 bits per heavy atom. The minimum absolute atomic E-state index is 0.0635. The van der Waals surface area contributed by atoms with E-state index < -0.39 is 33.2 Å². The number of rotatable bonds is 4. The fourth-order valence-corrected chi connectivity index (χ4v) is 3.85.